The first-order valence-electron chi connectivity index (χ1n) is 8.77. The summed E-state index contributed by atoms with van der Waals surface area (Å²) in [4.78, 5) is 16.9. The van der Waals surface area contributed by atoms with Crippen LogP contribution in [0.1, 0.15) is 33.6 Å². The van der Waals surface area contributed by atoms with Gasteiger partial charge in [-0.05, 0) is 17.8 Å². The zero-order chi connectivity index (χ0) is 16.1. The van der Waals surface area contributed by atoms with Crippen molar-refractivity contribution >= 4 is 5.91 Å². The third kappa shape index (κ3) is 4.21. The first-order valence-corrected chi connectivity index (χ1v) is 8.77. The van der Waals surface area contributed by atoms with Gasteiger partial charge in [-0.15, -0.1) is 0 Å². The van der Waals surface area contributed by atoms with Crippen molar-refractivity contribution in [3.8, 4) is 0 Å². The van der Waals surface area contributed by atoms with Gasteiger partial charge in [-0.2, -0.15) is 0 Å². The average molecular weight is 312 g/mol. The summed E-state index contributed by atoms with van der Waals surface area (Å²) in [5.41, 5.74) is 0. The Balaban J connectivity index is 2.04. The van der Waals surface area contributed by atoms with Gasteiger partial charge in [0, 0.05) is 32.6 Å². The van der Waals surface area contributed by atoms with Crippen LogP contribution in [0.2, 0.25) is 0 Å². The number of amides is 1. The van der Waals surface area contributed by atoms with E-state index in [1.54, 1.807) is 0 Å². The Bertz CT molecular complexity index is 356. The van der Waals surface area contributed by atoms with Gasteiger partial charge in [0.2, 0.25) is 5.91 Å². The third-order valence-corrected chi connectivity index (χ3v) is 5.12. The standard InChI is InChI=1S/C17H32N2O3/c1-4-14-10-19(17(21)9-13(2)3)16(12-20)15(14)11-18-5-7-22-8-6-18/h13-16,20H,4-12H2,1-3H3/t14-,15-,16-/m1/s1. The van der Waals surface area contributed by atoms with Gasteiger partial charge in [0.15, 0.2) is 0 Å². The molecular formula is C17H32N2O3. The minimum Gasteiger partial charge on any atom is -0.394 e. The molecule has 2 fully saturated rings. The van der Waals surface area contributed by atoms with Crippen molar-refractivity contribution in [3.63, 3.8) is 0 Å². The Morgan fingerprint density at radius 1 is 1.32 bits per heavy atom. The van der Waals surface area contributed by atoms with E-state index in [2.05, 4.69) is 25.7 Å². The SMILES string of the molecule is CC[C@@H]1CN(C(=O)CC(C)C)[C@H](CO)[C@@H]1CN1CCOCC1. The number of rotatable bonds is 6. The molecule has 0 bridgehead atoms. The predicted octanol–water partition coefficient (Wildman–Crippen LogP) is 1.21. The highest BCUT2D eigenvalue weighted by Gasteiger charge is 2.43. The summed E-state index contributed by atoms with van der Waals surface area (Å²) in [6.45, 7) is 11.7. The van der Waals surface area contributed by atoms with Crippen LogP contribution in [0.3, 0.4) is 0 Å². The third-order valence-electron chi connectivity index (χ3n) is 5.12. The number of ether oxygens (including phenoxy) is 1. The summed E-state index contributed by atoms with van der Waals surface area (Å²) in [6, 6.07) is -0.0148. The number of nitrogens with zero attached hydrogens (tertiary/aromatic N) is 2. The summed E-state index contributed by atoms with van der Waals surface area (Å²) in [5, 5.41) is 9.90. The fraction of sp³-hybridized carbons (Fsp3) is 0.941. The molecule has 1 amide bonds. The molecule has 5 heteroatoms. The number of morpholine rings is 1. The van der Waals surface area contributed by atoms with Crippen LogP contribution in [-0.2, 0) is 9.53 Å². The molecule has 2 aliphatic heterocycles. The molecule has 0 aromatic heterocycles. The van der Waals surface area contributed by atoms with E-state index in [1.165, 1.54) is 0 Å². The fourth-order valence-corrected chi connectivity index (χ4v) is 3.84. The Morgan fingerprint density at radius 3 is 2.55 bits per heavy atom. The normalized spacial score (nSPS) is 30.2. The van der Waals surface area contributed by atoms with Gasteiger partial charge >= 0.3 is 0 Å². The van der Waals surface area contributed by atoms with Crippen LogP contribution in [0.15, 0.2) is 0 Å². The van der Waals surface area contributed by atoms with Gasteiger partial charge in [-0.3, -0.25) is 9.69 Å². The monoisotopic (exact) mass is 312 g/mol. The second kappa shape index (κ2) is 8.27. The highest BCUT2D eigenvalue weighted by atomic mass is 16.5. The second-order valence-electron chi connectivity index (χ2n) is 7.14. The van der Waals surface area contributed by atoms with Crippen molar-refractivity contribution in [1.82, 2.24) is 9.80 Å². The van der Waals surface area contributed by atoms with Crippen LogP contribution in [0.4, 0.5) is 0 Å². The smallest absolute Gasteiger partial charge is 0.223 e. The van der Waals surface area contributed by atoms with E-state index >= 15 is 0 Å². The topological polar surface area (TPSA) is 53.0 Å². The van der Waals surface area contributed by atoms with Crippen LogP contribution in [0.25, 0.3) is 0 Å². The van der Waals surface area contributed by atoms with E-state index in [0.29, 0.717) is 24.2 Å². The molecular weight excluding hydrogens is 280 g/mol. The summed E-state index contributed by atoms with van der Waals surface area (Å²) >= 11 is 0. The largest absolute Gasteiger partial charge is 0.394 e. The van der Waals surface area contributed by atoms with E-state index in [-0.39, 0.29) is 18.6 Å². The van der Waals surface area contributed by atoms with Gasteiger partial charge in [0.05, 0.1) is 25.9 Å². The lowest BCUT2D eigenvalue weighted by Gasteiger charge is -2.33. The number of hydrogen-bond donors (Lipinski definition) is 1. The second-order valence-corrected chi connectivity index (χ2v) is 7.14. The van der Waals surface area contributed by atoms with Crippen LogP contribution in [-0.4, -0.2) is 72.9 Å². The van der Waals surface area contributed by atoms with E-state index in [4.69, 9.17) is 4.74 Å². The van der Waals surface area contributed by atoms with E-state index < -0.39 is 0 Å². The maximum atomic E-state index is 12.5. The van der Waals surface area contributed by atoms with Gasteiger partial charge in [0.1, 0.15) is 0 Å². The minimum atomic E-state index is -0.0148. The first-order chi connectivity index (χ1) is 10.6. The number of hydrogen-bond acceptors (Lipinski definition) is 4. The van der Waals surface area contributed by atoms with Crippen molar-refractivity contribution in [2.75, 3.05) is 46.0 Å². The lowest BCUT2D eigenvalue weighted by molar-refractivity contribution is -0.134. The van der Waals surface area contributed by atoms with E-state index in [1.807, 2.05) is 4.90 Å². The molecule has 3 atom stereocenters. The average Bonchev–Trinajstić information content (AvgIpc) is 2.85. The van der Waals surface area contributed by atoms with Crippen molar-refractivity contribution in [2.24, 2.45) is 17.8 Å². The quantitative estimate of drug-likeness (QED) is 0.801. The Kier molecular flexibility index (Phi) is 6.66. The Hall–Kier alpha value is -0.650. The van der Waals surface area contributed by atoms with Gasteiger partial charge in [-0.25, -0.2) is 0 Å². The van der Waals surface area contributed by atoms with Crippen LogP contribution < -0.4 is 0 Å². The molecule has 0 aromatic carbocycles. The molecule has 22 heavy (non-hydrogen) atoms. The summed E-state index contributed by atoms with van der Waals surface area (Å²) < 4.78 is 5.42. The zero-order valence-electron chi connectivity index (χ0n) is 14.3. The molecule has 2 saturated heterocycles. The maximum Gasteiger partial charge on any atom is 0.223 e. The Labute approximate surface area is 134 Å². The number of carbonyl (C=O) groups excluding carboxylic acids is 1. The van der Waals surface area contributed by atoms with Crippen molar-refractivity contribution in [2.45, 2.75) is 39.7 Å². The zero-order valence-corrected chi connectivity index (χ0v) is 14.3. The highest BCUT2D eigenvalue weighted by Crippen LogP contribution is 2.33. The molecule has 2 heterocycles. The number of aliphatic hydroxyl groups excluding tert-OH is 1. The van der Waals surface area contributed by atoms with Crippen LogP contribution in [0, 0.1) is 17.8 Å². The molecule has 5 nitrogen and oxygen atoms in total. The van der Waals surface area contributed by atoms with Crippen LogP contribution in [0.5, 0.6) is 0 Å². The molecule has 0 unspecified atom stereocenters. The molecule has 2 aliphatic rings. The van der Waals surface area contributed by atoms with Crippen molar-refractivity contribution in [3.05, 3.63) is 0 Å². The molecule has 1 N–H and O–H groups in total. The Morgan fingerprint density at radius 2 is 2.00 bits per heavy atom. The summed E-state index contributed by atoms with van der Waals surface area (Å²) in [5.74, 6) is 1.45. The predicted molar refractivity (Wildman–Crippen MR) is 86.6 cm³/mol. The number of carbonyl (C=O) groups is 1. The van der Waals surface area contributed by atoms with Gasteiger partial charge in [0.25, 0.3) is 0 Å². The number of aliphatic hydroxyl groups is 1. The number of likely N-dealkylation sites (tertiary alicyclic amines) is 1. The first kappa shape index (κ1) is 17.7. The summed E-state index contributed by atoms with van der Waals surface area (Å²) in [7, 11) is 0. The fourth-order valence-electron chi connectivity index (χ4n) is 3.84. The summed E-state index contributed by atoms with van der Waals surface area (Å²) in [6.07, 6.45) is 1.65. The highest BCUT2D eigenvalue weighted by molar-refractivity contribution is 5.77. The van der Waals surface area contributed by atoms with Crippen molar-refractivity contribution in [1.29, 1.82) is 0 Å². The van der Waals surface area contributed by atoms with Crippen molar-refractivity contribution < 1.29 is 14.6 Å². The maximum absolute atomic E-state index is 12.5. The lowest BCUT2D eigenvalue weighted by atomic mass is 9.88. The minimum absolute atomic E-state index is 0.0148. The molecule has 0 spiro atoms. The molecule has 128 valence electrons. The van der Waals surface area contributed by atoms with Gasteiger partial charge < -0.3 is 14.7 Å². The molecule has 2 rings (SSSR count). The van der Waals surface area contributed by atoms with Crippen LogP contribution >= 0.6 is 0 Å². The molecule has 0 saturated carbocycles. The molecule has 0 aliphatic carbocycles. The molecule has 0 aromatic rings. The van der Waals surface area contributed by atoms with E-state index in [9.17, 15) is 9.90 Å². The molecule has 0 radical (unpaired) electrons. The van der Waals surface area contributed by atoms with Gasteiger partial charge in [-0.1, -0.05) is 27.2 Å². The lowest BCUT2D eigenvalue weighted by Crippen LogP contribution is -2.46. The van der Waals surface area contributed by atoms with E-state index in [0.717, 1.165) is 45.8 Å².